The molecular weight excluding hydrogens is 492 g/mol. The lowest BCUT2D eigenvalue weighted by Crippen LogP contribution is -2.43. The molecule has 6 nitrogen and oxygen atoms in total. The van der Waals surface area contributed by atoms with E-state index < -0.39 is 31.1 Å². The average molecular weight is 523 g/mol. The summed E-state index contributed by atoms with van der Waals surface area (Å²) in [4.78, 5) is 27.0. The third kappa shape index (κ3) is 5.47. The van der Waals surface area contributed by atoms with Crippen LogP contribution in [0.2, 0.25) is 0 Å². The summed E-state index contributed by atoms with van der Waals surface area (Å²) in [5, 5.41) is 17.4. The minimum absolute atomic E-state index is 0.0695. The van der Waals surface area contributed by atoms with Crippen molar-refractivity contribution in [2.45, 2.75) is 57.7 Å². The van der Waals surface area contributed by atoms with Crippen LogP contribution in [0.3, 0.4) is 0 Å². The maximum atomic E-state index is 13.9. The van der Waals surface area contributed by atoms with E-state index in [1.165, 1.54) is 12.1 Å². The van der Waals surface area contributed by atoms with Gasteiger partial charge in [0, 0.05) is 11.1 Å². The number of rotatable bonds is 7. The van der Waals surface area contributed by atoms with Gasteiger partial charge in [-0.3, -0.25) is 4.98 Å². The summed E-state index contributed by atoms with van der Waals surface area (Å²) in [7, 11) is -3.42. The second-order valence-electron chi connectivity index (χ2n) is 9.46. The number of benzene rings is 2. The second kappa shape index (κ2) is 11.3. The highest BCUT2D eigenvalue weighted by molar-refractivity contribution is 7.42. The molecule has 192 valence electrons. The van der Waals surface area contributed by atoms with Gasteiger partial charge in [-0.1, -0.05) is 76.1 Å². The van der Waals surface area contributed by atoms with E-state index in [0.717, 1.165) is 23.7 Å². The SMILES string of the molecule is CC(C)c1nc(-c2ccccc2)c(C(C)C)c(-c2ccc(F)cc2)c1C#CC(C(=O)O)(C(C)O)[P+](=O)O. The summed E-state index contributed by atoms with van der Waals surface area (Å²) in [5.41, 5.74) is 4.61. The van der Waals surface area contributed by atoms with Gasteiger partial charge in [-0.05, 0) is 52.5 Å². The van der Waals surface area contributed by atoms with Crippen LogP contribution in [0.5, 0.6) is 0 Å². The van der Waals surface area contributed by atoms with Crippen LogP contribution in [0.25, 0.3) is 22.4 Å². The number of carbonyl (C=O) groups is 1. The van der Waals surface area contributed by atoms with E-state index in [-0.39, 0.29) is 11.8 Å². The molecule has 3 atom stereocenters. The summed E-state index contributed by atoms with van der Waals surface area (Å²) >= 11 is 0. The molecule has 0 amide bonds. The van der Waals surface area contributed by atoms with Gasteiger partial charge in [-0.25, -0.2) is 9.18 Å². The van der Waals surface area contributed by atoms with E-state index in [0.29, 0.717) is 22.4 Å². The maximum absolute atomic E-state index is 13.9. The first-order valence-corrected chi connectivity index (χ1v) is 13.1. The highest BCUT2D eigenvalue weighted by Crippen LogP contribution is 2.42. The second-order valence-corrected chi connectivity index (χ2v) is 10.7. The molecule has 0 radical (unpaired) electrons. The molecule has 0 aliphatic heterocycles. The number of carboxylic acid groups (broad SMARTS) is 1. The van der Waals surface area contributed by atoms with Crippen molar-refractivity contribution in [1.29, 1.82) is 0 Å². The van der Waals surface area contributed by atoms with Crippen molar-refractivity contribution in [2.75, 3.05) is 0 Å². The number of hydrogen-bond acceptors (Lipinski definition) is 4. The topological polar surface area (TPSA) is 108 Å². The third-order valence-electron chi connectivity index (χ3n) is 6.18. The fourth-order valence-corrected chi connectivity index (χ4v) is 4.88. The molecule has 3 unspecified atom stereocenters. The van der Waals surface area contributed by atoms with Crippen molar-refractivity contribution in [2.24, 2.45) is 0 Å². The van der Waals surface area contributed by atoms with Crippen molar-refractivity contribution in [3.63, 3.8) is 0 Å². The minimum Gasteiger partial charge on any atom is -0.477 e. The Hall–Kier alpha value is -3.43. The van der Waals surface area contributed by atoms with Gasteiger partial charge >= 0.3 is 19.2 Å². The molecule has 3 rings (SSSR count). The van der Waals surface area contributed by atoms with Gasteiger partial charge < -0.3 is 10.2 Å². The van der Waals surface area contributed by atoms with E-state index >= 15 is 0 Å². The molecule has 37 heavy (non-hydrogen) atoms. The molecule has 0 saturated carbocycles. The lowest BCUT2D eigenvalue weighted by molar-refractivity contribution is -0.141. The Morgan fingerprint density at radius 1 is 0.973 bits per heavy atom. The van der Waals surface area contributed by atoms with E-state index in [4.69, 9.17) is 4.98 Å². The number of pyridine rings is 1. The largest absolute Gasteiger partial charge is 0.540 e. The van der Waals surface area contributed by atoms with Crippen LogP contribution in [-0.4, -0.2) is 37.3 Å². The molecule has 0 bridgehead atoms. The lowest BCUT2D eigenvalue weighted by atomic mass is 9.83. The van der Waals surface area contributed by atoms with Crippen molar-refractivity contribution >= 4 is 14.0 Å². The number of aromatic nitrogens is 1. The third-order valence-corrected chi connectivity index (χ3v) is 7.46. The van der Waals surface area contributed by atoms with Crippen molar-refractivity contribution < 1.29 is 28.9 Å². The van der Waals surface area contributed by atoms with E-state index in [1.807, 2.05) is 58.0 Å². The molecule has 3 N–H and O–H groups in total. The quantitative estimate of drug-likeness (QED) is 0.256. The van der Waals surface area contributed by atoms with Crippen LogP contribution in [0.15, 0.2) is 54.6 Å². The first kappa shape index (κ1) is 28.1. The predicted octanol–water partition coefficient (Wildman–Crippen LogP) is 6.09. The van der Waals surface area contributed by atoms with Gasteiger partial charge in [0.25, 0.3) is 0 Å². The number of nitrogens with zero attached hydrogens (tertiary/aromatic N) is 1. The van der Waals surface area contributed by atoms with Crippen molar-refractivity contribution in [3.8, 4) is 34.2 Å². The molecule has 0 fully saturated rings. The van der Waals surface area contributed by atoms with Gasteiger partial charge in [0.05, 0.1) is 17.0 Å². The number of aliphatic carboxylic acids is 1. The zero-order chi connectivity index (χ0) is 27.5. The average Bonchev–Trinajstić information content (AvgIpc) is 2.83. The fourth-order valence-electron chi connectivity index (χ4n) is 4.24. The van der Waals surface area contributed by atoms with Crippen LogP contribution in [-0.2, 0) is 9.36 Å². The molecule has 0 spiro atoms. The first-order valence-electron chi connectivity index (χ1n) is 11.9. The summed E-state index contributed by atoms with van der Waals surface area (Å²) in [6.45, 7) is 8.93. The number of carboxylic acids is 1. The zero-order valence-corrected chi connectivity index (χ0v) is 22.3. The van der Waals surface area contributed by atoms with Crippen LogP contribution in [0, 0.1) is 17.7 Å². The highest BCUT2D eigenvalue weighted by Gasteiger charge is 2.60. The highest BCUT2D eigenvalue weighted by atomic mass is 31.1. The number of hydrogen-bond donors (Lipinski definition) is 3. The number of halogens is 1. The maximum Gasteiger partial charge on any atom is 0.540 e. The summed E-state index contributed by atoms with van der Waals surface area (Å²) < 4.78 is 26.1. The van der Waals surface area contributed by atoms with Crippen LogP contribution >= 0.6 is 8.03 Å². The Kier molecular flexibility index (Phi) is 8.60. The van der Waals surface area contributed by atoms with E-state index in [2.05, 4.69) is 11.8 Å². The van der Waals surface area contributed by atoms with E-state index in [9.17, 15) is 28.9 Å². The van der Waals surface area contributed by atoms with Gasteiger partial charge in [0.1, 0.15) is 11.9 Å². The Morgan fingerprint density at radius 3 is 2.03 bits per heavy atom. The molecule has 1 heterocycles. The lowest BCUT2D eigenvalue weighted by Gasteiger charge is -2.23. The van der Waals surface area contributed by atoms with Crippen LogP contribution < -0.4 is 0 Å². The monoisotopic (exact) mass is 522 g/mol. The van der Waals surface area contributed by atoms with E-state index in [1.54, 1.807) is 12.1 Å². The van der Waals surface area contributed by atoms with Crippen LogP contribution in [0.4, 0.5) is 4.39 Å². The molecular formula is C29H30FNO5P+. The van der Waals surface area contributed by atoms with Gasteiger partial charge in [0.2, 0.25) is 0 Å². The Labute approximate surface area is 217 Å². The standard InChI is InChI=1S/C29H29FNO5P/c1-17(2)24-25(20-11-13-22(30)14-12-20)23(15-16-29(19(5)32,28(33)34)37(35)36)26(18(3)4)31-27(24)21-9-7-6-8-10-21/h6-14,17-19,32H,1-5H3,(H-,33,34,35,36)/p+1. The van der Waals surface area contributed by atoms with Crippen molar-refractivity contribution in [3.05, 3.63) is 77.2 Å². The predicted molar refractivity (Wildman–Crippen MR) is 142 cm³/mol. The Bertz CT molecular complexity index is 1360. The smallest absolute Gasteiger partial charge is 0.477 e. The molecule has 1 aromatic heterocycles. The molecule has 3 aromatic rings. The molecule has 0 aliphatic carbocycles. The summed E-state index contributed by atoms with van der Waals surface area (Å²) in [5.74, 6) is 2.93. The molecule has 2 aromatic carbocycles. The number of aliphatic hydroxyl groups excluding tert-OH is 1. The van der Waals surface area contributed by atoms with Crippen LogP contribution in [0.1, 0.15) is 63.3 Å². The molecule has 0 saturated heterocycles. The first-order chi connectivity index (χ1) is 17.4. The summed E-state index contributed by atoms with van der Waals surface area (Å²) in [6.07, 6.45) is -1.73. The number of aliphatic hydroxyl groups is 1. The summed E-state index contributed by atoms with van der Waals surface area (Å²) in [6, 6.07) is 15.5. The molecule has 0 aliphatic rings. The van der Waals surface area contributed by atoms with Crippen molar-refractivity contribution in [1.82, 2.24) is 4.98 Å². The Morgan fingerprint density at radius 2 is 1.57 bits per heavy atom. The minimum atomic E-state index is -3.42. The van der Waals surface area contributed by atoms with Gasteiger partial charge in [-0.2, -0.15) is 4.89 Å². The van der Waals surface area contributed by atoms with Gasteiger partial charge in [0.15, 0.2) is 0 Å². The normalized spacial score (nSPS) is 14.1. The zero-order valence-electron chi connectivity index (χ0n) is 21.4. The molecule has 8 heteroatoms. The van der Waals surface area contributed by atoms with Gasteiger partial charge in [-0.15, -0.1) is 0 Å². The Balaban J connectivity index is 2.55. The fraction of sp³-hybridized carbons (Fsp3) is 0.310.